The summed E-state index contributed by atoms with van der Waals surface area (Å²) in [4.78, 5) is 41.4. The van der Waals surface area contributed by atoms with Crippen LogP contribution >= 0.6 is 0 Å². The van der Waals surface area contributed by atoms with Crippen LogP contribution in [0.15, 0.2) is 125 Å². The highest BCUT2D eigenvalue weighted by Gasteiger charge is 2.55. The molecule has 1 aliphatic heterocycles. The summed E-state index contributed by atoms with van der Waals surface area (Å²) >= 11 is 0. The third kappa shape index (κ3) is 5.97. The van der Waals surface area contributed by atoms with Crippen molar-refractivity contribution in [3.05, 3.63) is 164 Å². The first kappa shape index (κ1) is 32.6. The van der Waals surface area contributed by atoms with Crippen LogP contribution in [-0.2, 0) is 15.1 Å². The molecule has 10 nitrogen and oxygen atoms in total. The normalized spacial score (nSPS) is 19.2. The van der Waals surface area contributed by atoms with E-state index in [1.807, 2.05) is 78.9 Å². The molecule has 6 rings (SSSR count). The molecule has 0 amide bonds. The molecule has 0 aliphatic carbocycles. The smallest absolute Gasteiger partial charge is 0.330 e. The zero-order chi connectivity index (χ0) is 33.9. The lowest BCUT2D eigenvalue weighted by atomic mass is 9.79. The fourth-order valence-electron chi connectivity index (χ4n) is 6.24. The number of H-pyrrole nitrogens is 1. The Hall–Kier alpha value is -5.29. The fraction of sp³-hybridized carbons (Fsp3) is 0.237. The summed E-state index contributed by atoms with van der Waals surface area (Å²) in [6, 6.07) is 33.0. The van der Waals surface area contributed by atoms with Gasteiger partial charge in [0.2, 0.25) is 0 Å². The summed E-state index contributed by atoms with van der Waals surface area (Å²) in [5, 5.41) is 12.3. The van der Waals surface area contributed by atoms with Gasteiger partial charge in [0.05, 0.1) is 20.8 Å². The first-order valence-corrected chi connectivity index (χ1v) is 15.5. The summed E-state index contributed by atoms with van der Waals surface area (Å²) in [5.74, 6) is 0.733. The molecule has 1 aromatic heterocycles. The number of aromatic amines is 1. The van der Waals surface area contributed by atoms with Gasteiger partial charge in [-0.1, -0.05) is 84.9 Å². The van der Waals surface area contributed by atoms with Gasteiger partial charge in [-0.2, -0.15) is 0 Å². The van der Waals surface area contributed by atoms with Crippen molar-refractivity contribution in [3.8, 4) is 11.5 Å². The minimum absolute atomic E-state index is 0.260. The molecule has 246 valence electrons. The molecule has 0 bridgehead atoms. The lowest BCUT2D eigenvalue weighted by molar-refractivity contribution is -0.110. The van der Waals surface area contributed by atoms with Crippen LogP contribution in [0.2, 0.25) is 0 Å². The van der Waals surface area contributed by atoms with E-state index in [0.29, 0.717) is 11.5 Å². The Kier molecular flexibility index (Phi) is 9.14. The highest BCUT2D eigenvalue weighted by molar-refractivity contribution is 6.03. The van der Waals surface area contributed by atoms with E-state index in [0.717, 1.165) is 16.7 Å². The van der Waals surface area contributed by atoms with Gasteiger partial charge < -0.3 is 24.1 Å². The Morgan fingerprint density at radius 3 is 1.92 bits per heavy atom. The van der Waals surface area contributed by atoms with E-state index < -0.39 is 40.6 Å². The average molecular weight is 649 g/mol. The molecule has 1 fully saturated rings. The predicted octanol–water partition coefficient (Wildman–Crippen LogP) is 4.77. The molecule has 0 spiro atoms. The van der Waals surface area contributed by atoms with Crippen molar-refractivity contribution < 1.29 is 28.8 Å². The first-order valence-electron chi connectivity index (χ1n) is 15.5. The second kappa shape index (κ2) is 13.4. The quantitative estimate of drug-likeness (QED) is 0.155. The molecular formula is C38H36N2O8. The lowest BCUT2D eigenvalue weighted by Gasteiger charge is -2.38. The molecule has 48 heavy (non-hydrogen) atoms. The number of hydrogen-bond acceptors (Lipinski definition) is 8. The zero-order valence-corrected chi connectivity index (χ0v) is 26.8. The number of nitrogens with zero attached hydrogens (tertiary/aromatic N) is 1. The first-order chi connectivity index (χ1) is 23.2. The number of methoxy groups -OCH3 is 2. The Balaban J connectivity index is 1.48. The number of rotatable bonds is 11. The second-order valence-corrected chi connectivity index (χ2v) is 11.7. The van der Waals surface area contributed by atoms with Gasteiger partial charge in [0.1, 0.15) is 29.4 Å². The Morgan fingerprint density at radius 1 is 0.854 bits per heavy atom. The topological polar surface area (TPSA) is 129 Å². The van der Waals surface area contributed by atoms with E-state index in [-0.39, 0.29) is 24.2 Å². The van der Waals surface area contributed by atoms with Gasteiger partial charge in [-0.25, -0.2) is 4.79 Å². The third-order valence-corrected chi connectivity index (χ3v) is 8.85. The van der Waals surface area contributed by atoms with Crippen LogP contribution in [0, 0.1) is 6.92 Å². The minimum Gasteiger partial charge on any atom is -0.497 e. The summed E-state index contributed by atoms with van der Waals surface area (Å²) < 4.78 is 25.4. The zero-order valence-electron chi connectivity index (χ0n) is 26.8. The van der Waals surface area contributed by atoms with Crippen molar-refractivity contribution in [2.24, 2.45) is 0 Å². The van der Waals surface area contributed by atoms with Crippen molar-refractivity contribution >= 4 is 5.78 Å². The van der Waals surface area contributed by atoms with E-state index >= 15 is 0 Å². The summed E-state index contributed by atoms with van der Waals surface area (Å²) in [5.41, 5.74) is -1.78. The van der Waals surface area contributed by atoms with Crippen LogP contribution in [0.25, 0.3) is 0 Å². The van der Waals surface area contributed by atoms with Gasteiger partial charge in [0, 0.05) is 23.7 Å². The maximum absolute atomic E-state index is 14.1. The number of ketones is 1. The molecule has 2 N–H and O–H groups in total. The number of ether oxygens (including phenoxy) is 4. The molecule has 10 heteroatoms. The highest BCUT2D eigenvalue weighted by atomic mass is 16.6. The van der Waals surface area contributed by atoms with Crippen LogP contribution in [0.1, 0.15) is 45.3 Å². The van der Waals surface area contributed by atoms with Crippen molar-refractivity contribution in [3.63, 3.8) is 0 Å². The lowest BCUT2D eigenvalue weighted by Crippen LogP contribution is -2.49. The SMILES string of the molecule is COc1ccc(C(OC[C@H]2O[C@@H](n3cc(C)c(=O)[nH]c3=O)C[C@@]2(O)C(=O)c2ccccc2)(c2ccccc2)c2ccc(OC)cc2)cc1. The number of benzene rings is 4. The van der Waals surface area contributed by atoms with E-state index in [4.69, 9.17) is 18.9 Å². The molecule has 3 atom stereocenters. The van der Waals surface area contributed by atoms with E-state index in [9.17, 15) is 19.5 Å². The van der Waals surface area contributed by atoms with Crippen LogP contribution in [0.3, 0.4) is 0 Å². The molecule has 0 saturated carbocycles. The maximum atomic E-state index is 14.1. The summed E-state index contributed by atoms with van der Waals surface area (Å²) in [6.45, 7) is 1.29. The molecule has 4 aromatic carbocycles. The number of nitrogens with one attached hydrogen (secondary N) is 1. The van der Waals surface area contributed by atoms with Crippen LogP contribution in [-0.4, -0.2) is 53.0 Å². The van der Waals surface area contributed by atoms with Crippen LogP contribution in [0.5, 0.6) is 11.5 Å². The van der Waals surface area contributed by atoms with E-state index in [1.165, 1.54) is 10.8 Å². The number of aliphatic hydroxyl groups is 1. The number of aryl methyl sites for hydroxylation is 1. The average Bonchev–Trinajstić information content (AvgIpc) is 3.47. The minimum atomic E-state index is -2.10. The predicted molar refractivity (Wildman–Crippen MR) is 179 cm³/mol. The Morgan fingerprint density at radius 2 is 1.38 bits per heavy atom. The standard InChI is InChI=1S/C38H36N2O8/c1-25-23-40(36(43)39-35(25)42)33-22-37(44,34(41)26-10-6-4-7-11-26)32(48-33)24-47-38(27-12-8-5-9-13-27,28-14-18-30(45-2)19-15-28)29-16-20-31(46-3)21-17-29/h4-21,23,32-33,44H,22,24H2,1-3H3,(H,39,42,43)/t32-,33-,37+/m1/s1. The molecular weight excluding hydrogens is 612 g/mol. The number of aromatic nitrogens is 2. The van der Waals surface area contributed by atoms with Gasteiger partial charge in [-0.3, -0.25) is 19.1 Å². The molecule has 1 aliphatic rings. The number of carbonyl (C=O) groups is 1. The largest absolute Gasteiger partial charge is 0.497 e. The second-order valence-electron chi connectivity index (χ2n) is 11.7. The maximum Gasteiger partial charge on any atom is 0.330 e. The van der Waals surface area contributed by atoms with Crippen molar-refractivity contribution in [1.82, 2.24) is 9.55 Å². The highest BCUT2D eigenvalue weighted by Crippen LogP contribution is 2.44. The van der Waals surface area contributed by atoms with E-state index in [2.05, 4.69) is 4.98 Å². The number of carbonyl (C=O) groups excluding carboxylic acids is 1. The van der Waals surface area contributed by atoms with Crippen molar-refractivity contribution in [2.45, 2.75) is 36.9 Å². The monoisotopic (exact) mass is 648 g/mol. The molecule has 1 saturated heterocycles. The summed E-state index contributed by atoms with van der Waals surface area (Å²) in [6.07, 6.45) is -1.20. The van der Waals surface area contributed by atoms with Gasteiger partial charge in [0.15, 0.2) is 11.4 Å². The molecule has 0 unspecified atom stereocenters. The summed E-state index contributed by atoms with van der Waals surface area (Å²) in [7, 11) is 3.18. The Labute approximate surface area is 277 Å². The van der Waals surface area contributed by atoms with Gasteiger partial charge >= 0.3 is 5.69 Å². The third-order valence-electron chi connectivity index (χ3n) is 8.85. The molecule has 2 heterocycles. The number of hydrogen-bond donors (Lipinski definition) is 2. The molecule has 5 aromatic rings. The van der Waals surface area contributed by atoms with Gasteiger partial charge in [-0.15, -0.1) is 0 Å². The van der Waals surface area contributed by atoms with Crippen LogP contribution < -0.4 is 20.7 Å². The Bertz CT molecular complexity index is 1940. The van der Waals surface area contributed by atoms with Crippen molar-refractivity contribution in [1.29, 1.82) is 0 Å². The number of Topliss-reactive ketones (excluding diaryl/α,β-unsaturated/α-hetero) is 1. The van der Waals surface area contributed by atoms with Crippen LogP contribution in [0.4, 0.5) is 0 Å². The fourth-order valence-corrected chi connectivity index (χ4v) is 6.24. The van der Waals surface area contributed by atoms with Gasteiger partial charge in [0.25, 0.3) is 5.56 Å². The van der Waals surface area contributed by atoms with Gasteiger partial charge in [-0.05, 0) is 47.9 Å². The molecule has 0 radical (unpaired) electrons. The van der Waals surface area contributed by atoms with Crippen molar-refractivity contribution in [2.75, 3.05) is 20.8 Å². The van der Waals surface area contributed by atoms with E-state index in [1.54, 1.807) is 51.5 Å².